The summed E-state index contributed by atoms with van der Waals surface area (Å²) in [6, 6.07) is 1.97. The Balaban J connectivity index is 3.05. The van der Waals surface area contributed by atoms with Gasteiger partial charge in [0, 0.05) is 6.07 Å². The van der Waals surface area contributed by atoms with Crippen molar-refractivity contribution < 1.29 is 0 Å². The Hall–Kier alpha value is -0.830. The quantitative estimate of drug-likeness (QED) is 0.524. The fraction of sp³-hybridized carbons (Fsp3) is 0.429. The highest BCUT2D eigenvalue weighted by Crippen LogP contribution is 2.13. The molecule has 1 heterocycles. The second kappa shape index (κ2) is 2.09. The van der Waals surface area contributed by atoms with Crippen molar-refractivity contribution in [3.63, 3.8) is 0 Å². The number of hydrogen-bond donors (Lipinski definition) is 0. The molecule has 55 valence electrons. The molecule has 0 aliphatic rings. The monoisotopic (exact) mass is 139 g/mol. The average molecular weight is 139 g/mol. The fourth-order valence-corrected chi connectivity index (χ4v) is 0.896. The second-order valence-electron chi connectivity index (χ2n) is 3.20. The number of aromatic nitrogens is 2. The maximum atomic E-state index is 3.97. The van der Waals surface area contributed by atoms with Crippen molar-refractivity contribution >= 4 is 5.82 Å². The van der Waals surface area contributed by atoms with Gasteiger partial charge < -0.3 is 0 Å². The largest absolute Gasteiger partial charge is 0.282 e. The van der Waals surface area contributed by atoms with Crippen molar-refractivity contribution in [1.82, 2.24) is 14.3 Å². The first-order chi connectivity index (χ1) is 4.52. The average Bonchev–Trinajstić information content (AvgIpc) is 2.11. The minimum Gasteiger partial charge on any atom is -0.282 e. The lowest BCUT2D eigenvalue weighted by Gasteiger charge is -2.22. The van der Waals surface area contributed by atoms with Gasteiger partial charge in [0.1, 0.15) is 0 Å². The van der Waals surface area contributed by atoms with Crippen LogP contribution in [-0.4, -0.2) is 30.9 Å². The summed E-state index contributed by atoms with van der Waals surface area (Å²) < 4.78 is 2.39. The van der Waals surface area contributed by atoms with Crippen LogP contribution in [0.3, 0.4) is 0 Å². The molecule has 0 fully saturated rings. The van der Waals surface area contributed by atoms with Crippen LogP contribution in [0.5, 0.6) is 0 Å². The Morgan fingerprint density at radius 3 is 2.30 bits per heavy atom. The van der Waals surface area contributed by atoms with E-state index in [0.717, 1.165) is 10.3 Å². The van der Waals surface area contributed by atoms with E-state index in [9.17, 15) is 0 Å². The van der Waals surface area contributed by atoms with Crippen LogP contribution in [0.1, 0.15) is 0 Å². The van der Waals surface area contributed by atoms with Crippen molar-refractivity contribution in [1.29, 1.82) is 0 Å². The summed E-state index contributed by atoms with van der Waals surface area (Å²) in [5.41, 5.74) is 0. The van der Waals surface area contributed by atoms with E-state index in [1.165, 1.54) is 0 Å². The van der Waals surface area contributed by atoms with Gasteiger partial charge in [-0.1, -0.05) is 0 Å². The second-order valence-corrected chi connectivity index (χ2v) is 3.20. The Morgan fingerprint density at radius 1 is 1.50 bits per heavy atom. The highest BCUT2D eigenvalue weighted by atomic mass is 15.4. The van der Waals surface area contributed by atoms with Gasteiger partial charge in [-0.15, -0.1) is 0 Å². The molecule has 0 saturated carbocycles. The molecule has 0 aliphatic carbocycles. The summed E-state index contributed by atoms with van der Waals surface area (Å²) in [6.07, 6.45) is 1.76. The van der Waals surface area contributed by atoms with Crippen molar-refractivity contribution in [3.05, 3.63) is 19.3 Å². The Labute approximate surface area is 61.5 Å². The van der Waals surface area contributed by atoms with Crippen molar-refractivity contribution in [3.8, 4) is 0 Å². The first-order valence-corrected chi connectivity index (χ1v) is 3.19. The number of hydrogen-bond acceptors (Lipinski definition) is 1. The standard InChI is InChI=1S/C7H13N3/c1-9-7(5-6-8-9)10(2,3)4/h5-6H,1H2,2-4H3/q+1. The molecule has 0 saturated heterocycles. The summed E-state index contributed by atoms with van der Waals surface area (Å²) in [5.74, 6) is 1.10. The maximum absolute atomic E-state index is 3.97. The number of nitrogens with zero attached hydrogens (tertiary/aromatic N) is 3. The maximum Gasteiger partial charge on any atom is 0.225 e. The molecular formula is C7H13N3+. The first-order valence-electron chi connectivity index (χ1n) is 3.19. The molecule has 0 N–H and O–H groups in total. The zero-order valence-corrected chi connectivity index (χ0v) is 6.70. The summed E-state index contributed by atoms with van der Waals surface area (Å²) in [5, 5.41) is 3.97. The topological polar surface area (TPSA) is 17.8 Å². The van der Waals surface area contributed by atoms with E-state index in [-0.39, 0.29) is 0 Å². The minimum atomic E-state index is 0.753. The van der Waals surface area contributed by atoms with Gasteiger partial charge in [0.2, 0.25) is 5.82 Å². The molecule has 0 aliphatic heterocycles. The van der Waals surface area contributed by atoms with Crippen LogP contribution >= 0.6 is 0 Å². The third-order valence-corrected chi connectivity index (χ3v) is 1.38. The Morgan fingerprint density at radius 2 is 2.10 bits per heavy atom. The Kier molecular flexibility index (Phi) is 1.52. The highest BCUT2D eigenvalue weighted by molar-refractivity contribution is 5.31. The van der Waals surface area contributed by atoms with Crippen molar-refractivity contribution in [2.75, 3.05) is 21.1 Å². The molecule has 1 aromatic heterocycles. The van der Waals surface area contributed by atoms with Gasteiger partial charge in [0.05, 0.1) is 34.4 Å². The van der Waals surface area contributed by atoms with Crippen LogP contribution in [0.15, 0.2) is 12.3 Å². The summed E-state index contributed by atoms with van der Waals surface area (Å²) in [7, 11) is 9.98. The molecule has 0 bridgehead atoms. The van der Waals surface area contributed by atoms with Crippen LogP contribution < -0.4 is 4.48 Å². The zero-order valence-electron chi connectivity index (χ0n) is 6.70. The van der Waals surface area contributed by atoms with Crippen LogP contribution in [0.25, 0.3) is 0 Å². The molecule has 0 amide bonds. The Bertz CT molecular complexity index is 219. The highest BCUT2D eigenvalue weighted by Gasteiger charge is 2.15. The number of quaternary nitrogens is 1. The summed E-state index contributed by atoms with van der Waals surface area (Å²) >= 11 is 0. The molecule has 1 radical (unpaired) electrons. The van der Waals surface area contributed by atoms with Gasteiger partial charge in [0.25, 0.3) is 0 Å². The predicted octanol–water partition coefficient (Wildman–Crippen LogP) is 0.719. The van der Waals surface area contributed by atoms with E-state index in [1.807, 2.05) is 6.07 Å². The third-order valence-electron chi connectivity index (χ3n) is 1.38. The van der Waals surface area contributed by atoms with Gasteiger partial charge in [0.15, 0.2) is 0 Å². The van der Waals surface area contributed by atoms with Gasteiger partial charge >= 0.3 is 0 Å². The first kappa shape index (κ1) is 7.28. The smallest absolute Gasteiger partial charge is 0.225 e. The van der Waals surface area contributed by atoms with Crippen LogP contribution in [0.4, 0.5) is 5.82 Å². The van der Waals surface area contributed by atoms with E-state index in [1.54, 1.807) is 10.9 Å². The predicted molar refractivity (Wildman–Crippen MR) is 42.5 cm³/mol. The van der Waals surface area contributed by atoms with E-state index < -0.39 is 0 Å². The van der Waals surface area contributed by atoms with Crippen molar-refractivity contribution in [2.24, 2.45) is 0 Å². The lowest BCUT2D eigenvalue weighted by atomic mass is 10.5. The molecule has 0 unspecified atom stereocenters. The fourth-order valence-electron chi connectivity index (χ4n) is 0.896. The van der Waals surface area contributed by atoms with Gasteiger partial charge in [-0.2, -0.15) is 5.10 Å². The summed E-state index contributed by atoms with van der Waals surface area (Å²) in [4.78, 5) is 0. The van der Waals surface area contributed by atoms with Gasteiger partial charge in [-0.3, -0.25) is 4.48 Å². The van der Waals surface area contributed by atoms with E-state index in [4.69, 9.17) is 0 Å². The molecular weight excluding hydrogens is 126 g/mol. The van der Waals surface area contributed by atoms with Crippen LogP contribution in [0, 0.1) is 7.05 Å². The summed E-state index contributed by atoms with van der Waals surface area (Å²) in [6.45, 7) is 0. The molecule has 3 nitrogen and oxygen atoms in total. The molecule has 0 atom stereocenters. The number of rotatable bonds is 1. The van der Waals surface area contributed by atoms with Crippen LogP contribution in [-0.2, 0) is 0 Å². The van der Waals surface area contributed by atoms with Gasteiger partial charge in [-0.05, 0) is 0 Å². The van der Waals surface area contributed by atoms with E-state index in [0.29, 0.717) is 0 Å². The van der Waals surface area contributed by atoms with Crippen LogP contribution in [0.2, 0.25) is 0 Å². The SMILES string of the molecule is [CH2]n1nccc1[N+](C)(C)C. The molecule has 0 aromatic carbocycles. The molecule has 10 heavy (non-hydrogen) atoms. The zero-order chi connectivity index (χ0) is 7.78. The van der Waals surface area contributed by atoms with E-state index >= 15 is 0 Å². The van der Waals surface area contributed by atoms with E-state index in [2.05, 4.69) is 33.3 Å². The lowest BCUT2D eigenvalue weighted by molar-refractivity contribution is 0.459. The van der Waals surface area contributed by atoms with Crippen molar-refractivity contribution in [2.45, 2.75) is 0 Å². The molecule has 3 heteroatoms. The normalized spacial score (nSPS) is 12.0. The molecule has 1 aromatic rings. The minimum absolute atomic E-state index is 0.753. The third kappa shape index (κ3) is 1.19. The molecule has 0 spiro atoms. The molecule has 1 rings (SSSR count). The van der Waals surface area contributed by atoms with Gasteiger partial charge in [-0.25, -0.2) is 4.68 Å². The lowest BCUT2D eigenvalue weighted by Crippen LogP contribution is -2.36.